The van der Waals surface area contributed by atoms with Crippen molar-refractivity contribution < 1.29 is 14.3 Å². The minimum absolute atomic E-state index is 0.0343. The topological polar surface area (TPSA) is 53.2 Å². The Morgan fingerprint density at radius 1 is 1.11 bits per heavy atom. The number of nitrogens with zero attached hydrogens (tertiary/aromatic N) is 1. The van der Waals surface area contributed by atoms with Crippen LogP contribution in [0.2, 0.25) is 0 Å². The molecule has 1 unspecified atom stereocenters. The Balaban J connectivity index is 1.81. The van der Waals surface area contributed by atoms with Crippen LogP contribution >= 0.6 is 22.6 Å². The van der Waals surface area contributed by atoms with Crippen molar-refractivity contribution in [2.24, 2.45) is 0 Å². The number of fused-ring (bicyclic) bond motifs is 1. The summed E-state index contributed by atoms with van der Waals surface area (Å²) in [6, 6.07) is 18.5. The number of rotatable bonds is 3. The molecule has 0 bridgehead atoms. The third-order valence-corrected chi connectivity index (χ3v) is 5.70. The summed E-state index contributed by atoms with van der Waals surface area (Å²) < 4.78 is 8.07. The van der Waals surface area contributed by atoms with Crippen LogP contribution in [-0.4, -0.2) is 11.4 Å². The first-order chi connectivity index (χ1) is 13.3. The van der Waals surface area contributed by atoms with Gasteiger partial charge in [-0.15, -0.1) is 0 Å². The van der Waals surface area contributed by atoms with Crippen molar-refractivity contribution in [1.82, 2.24) is 0 Å². The van der Waals surface area contributed by atoms with Crippen LogP contribution < -0.4 is 9.47 Å². The second kappa shape index (κ2) is 7.20. The van der Waals surface area contributed by atoms with Crippen LogP contribution in [-0.2, 0) is 0 Å². The first-order valence-electron chi connectivity index (χ1n) is 9.15. The Kier molecular flexibility index (Phi) is 4.87. The molecule has 5 heteroatoms. The number of aromatic nitrogens is 1. The highest BCUT2D eigenvalue weighted by Crippen LogP contribution is 2.43. The number of carbonyl (C=O) groups excluding carboxylic acids is 1. The van der Waals surface area contributed by atoms with Gasteiger partial charge in [-0.3, -0.25) is 4.79 Å². The maximum absolute atomic E-state index is 13.0. The molecule has 0 fully saturated rings. The van der Waals surface area contributed by atoms with E-state index in [1.807, 2.05) is 62.4 Å². The molecule has 0 saturated heterocycles. The van der Waals surface area contributed by atoms with Crippen molar-refractivity contribution in [2.45, 2.75) is 31.8 Å². The molecule has 1 aliphatic rings. The smallest absolute Gasteiger partial charge is 0.200 e. The van der Waals surface area contributed by atoms with E-state index in [2.05, 4.69) is 22.6 Å². The second-order valence-electron chi connectivity index (χ2n) is 7.66. The Bertz CT molecular complexity index is 1060. The molecule has 0 spiro atoms. The molecule has 0 radical (unpaired) electrons. The molecule has 1 atom stereocenters. The van der Waals surface area contributed by atoms with Crippen LogP contribution in [0.1, 0.15) is 53.4 Å². The zero-order valence-electron chi connectivity index (χ0n) is 15.7. The summed E-state index contributed by atoms with van der Waals surface area (Å²) in [6.07, 6.45) is 2.17. The average Bonchev–Trinajstić information content (AvgIpc) is 2.66. The SMILES string of the molecule is CC1(C)CC(c2cccc[n+]2[O-])c2cc(C(=O)c3cccc(I)c3)ccc2O1. The molecule has 2 aromatic carbocycles. The summed E-state index contributed by atoms with van der Waals surface area (Å²) in [4.78, 5) is 13.0. The van der Waals surface area contributed by atoms with Gasteiger partial charge in [0, 0.05) is 38.8 Å². The molecule has 0 amide bonds. The molecule has 142 valence electrons. The molecule has 2 heterocycles. The largest absolute Gasteiger partial charge is 0.618 e. The third-order valence-electron chi connectivity index (χ3n) is 5.03. The highest BCUT2D eigenvalue weighted by Gasteiger charge is 2.38. The molecule has 4 rings (SSSR count). The summed E-state index contributed by atoms with van der Waals surface area (Å²) in [7, 11) is 0. The van der Waals surface area contributed by atoms with E-state index in [9.17, 15) is 10.0 Å². The average molecular weight is 485 g/mol. The minimum atomic E-state index is -0.401. The van der Waals surface area contributed by atoms with Gasteiger partial charge in [-0.25, -0.2) is 0 Å². The number of ketones is 1. The van der Waals surface area contributed by atoms with E-state index in [-0.39, 0.29) is 11.7 Å². The van der Waals surface area contributed by atoms with Crippen LogP contribution in [0.25, 0.3) is 0 Å². The van der Waals surface area contributed by atoms with Crippen molar-refractivity contribution >= 4 is 28.4 Å². The summed E-state index contributed by atoms with van der Waals surface area (Å²) in [5, 5.41) is 12.4. The maximum atomic E-state index is 13.0. The van der Waals surface area contributed by atoms with Crippen LogP contribution in [0.5, 0.6) is 5.75 Å². The van der Waals surface area contributed by atoms with Gasteiger partial charge in [0.1, 0.15) is 11.4 Å². The zero-order valence-corrected chi connectivity index (χ0v) is 17.8. The molecule has 1 aliphatic heterocycles. The molecule has 28 heavy (non-hydrogen) atoms. The fourth-order valence-corrected chi connectivity index (χ4v) is 4.31. The minimum Gasteiger partial charge on any atom is -0.618 e. The number of benzene rings is 2. The lowest BCUT2D eigenvalue weighted by Gasteiger charge is -2.37. The summed E-state index contributed by atoms with van der Waals surface area (Å²) in [6.45, 7) is 4.04. The van der Waals surface area contributed by atoms with Gasteiger partial charge in [0.15, 0.2) is 12.0 Å². The molecule has 0 aliphatic carbocycles. The van der Waals surface area contributed by atoms with E-state index in [0.717, 1.165) is 19.6 Å². The molecule has 1 aromatic heterocycles. The summed E-state index contributed by atoms with van der Waals surface area (Å²) >= 11 is 2.20. The Morgan fingerprint density at radius 2 is 1.89 bits per heavy atom. The fraction of sp³-hybridized carbons (Fsp3) is 0.217. The number of ether oxygens (including phenoxy) is 1. The predicted molar refractivity (Wildman–Crippen MR) is 116 cm³/mol. The van der Waals surface area contributed by atoms with Crippen LogP contribution in [0, 0.1) is 8.78 Å². The van der Waals surface area contributed by atoms with Crippen molar-refractivity contribution in [1.29, 1.82) is 0 Å². The number of pyridine rings is 1. The van der Waals surface area contributed by atoms with E-state index in [0.29, 0.717) is 23.2 Å². The van der Waals surface area contributed by atoms with E-state index >= 15 is 0 Å². The van der Waals surface area contributed by atoms with Gasteiger partial charge < -0.3 is 9.94 Å². The second-order valence-corrected chi connectivity index (χ2v) is 8.91. The number of hydrogen-bond donors (Lipinski definition) is 0. The molecule has 3 aromatic rings. The molecule has 0 N–H and O–H groups in total. The van der Waals surface area contributed by atoms with E-state index < -0.39 is 5.60 Å². The third kappa shape index (κ3) is 3.63. The lowest BCUT2D eigenvalue weighted by atomic mass is 9.81. The van der Waals surface area contributed by atoms with Crippen molar-refractivity contribution in [3.63, 3.8) is 0 Å². The van der Waals surface area contributed by atoms with Crippen molar-refractivity contribution in [3.05, 3.63) is 98.0 Å². The van der Waals surface area contributed by atoms with Gasteiger partial charge >= 0.3 is 0 Å². The number of carbonyl (C=O) groups is 1. The Morgan fingerprint density at radius 3 is 2.64 bits per heavy atom. The van der Waals surface area contributed by atoms with Gasteiger partial charge in [0.25, 0.3) is 0 Å². The maximum Gasteiger partial charge on any atom is 0.200 e. The summed E-state index contributed by atoms with van der Waals surface area (Å²) in [5.41, 5.74) is 2.40. The fourth-order valence-electron chi connectivity index (χ4n) is 3.77. The first kappa shape index (κ1) is 18.9. The number of hydrogen-bond acceptors (Lipinski definition) is 3. The lowest BCUT2D eigenvalue weighted by Crippen LogP contribution is -2.40. The van der Waals surface area contributed by atoms with Gasteiger partial charge in [-0.2, -0.15) is 4.73 Å². The van der Waals surface area contributed by atoms with Gasteiger partial charge in [-0.1, -0.05) is 12.1 Å². The van der Waals surface area contributed by atoms with E-state index in [1.54, 1.807) is 12.1 Å². The quantitative estimate of drug-likeness (QED) is 0.231. The summed E-state index contributed by atoms with van der Waals surface area (Å²) in [5.74, 6) is 0.554. The monoisotopic (exact) mass is 485 g/mol. The zero-order chi connectivity index (χ0) is 19.9. The van der Waals surface area contributed by atoms with Gasteiger partial charge in [-0.05, 0) is 72.8 Å². The molecule has 0 saturated carbocycles. The highest BCUT2D eigenvalue weighted by atomic mass is 127. The normalized spacial score (nSPS) is 17.5. The molecular weight excluding hydrogens is 465 g/mol. The number of halogens is 1. The van der Waals surface area contributed by atoms with Crippen molar-refractivity contribution in [3.8, 4) is 5.75 Å². The van der Waals surface area contributed by atoms with Crippen LogP contribution in [0.4, 0.5) is 0 Å². The van der Waals surface area contributed by atoms with Crippen molar-refractivity contribution in [2.75, 3.05) is 0 Å². The van der Waals surface area contributed by atoms with E-state index in [1.165, 1.54) is 6.20 Å². The van der Waals surface area contributed by atoms with Crippen LogP contribution in [0.15, 0.2) is 66.9 Å². The van der Waals surface area contributed by atoms with E-state index in [4.69, 9.17) is 4.74 Å². The molecular formula is C23H20INO3. The Labute approximate surface area is 177 Å². The van der Waals surface area contributed by atoms with Gasteiger partial charge in [0.05, 0.1) is 5.92 Å². The molecule has 4 nitrogen and oxygen atoms in total. The Hall–Kier alpha value is -2.41. The lowest BCUT2D eigenvalue weighted by molar-refractivity contribution is -0.615. The highest BCUT2D eigenvalue weighted by molar-refractivity contribution is 14.1. The predicted octanol–water partition coefficient (Wildman–Crippen LogP) is 4.85. The standard InChI is InChI=1S/C23H20INO3/c1-23(2)14-19(20-8-3-4-11-25(20)27)18-13-16(9-10-21(18)28-23)22(26)15-6-5-7-17(24)12-15/h3-13,19H,14H2,1-2H3. The first-order valence-corrected chi connectivity index (χ1v) is 10.2. The van der Waals surface area contributed by atoms with Gasteiger partial charge in [0.2, 0.25) is 5.69 Å². The van der Waals surface area contributed by atoms with Crippen LogP contribution in [0.3, 0.4) is 0 Å².